The van der Waals surface area contributed by atoms with Crippen molar-refractivity contribution in [3.05, 3.63) is 63.0 Å². The molecule has 0 fully saturated rings. The van der Waals surface area contributed by atoms with Crippen LogP contribution in [0.3, 0.4) is 0 Å². The molecule has 0 radical (unpaired) electrons. The fraction of sp³-hybridized carbons (Fsp3) is 0.167. The van der Waals surface area contributed by atoms with Gasteiger partial charge >= 0.3 is 0 Å². The molecule has 0 aromatic heterocycles. The molecule has 0 bridgehead atoms. The molecule has 136 valence electrons. The fourth-order valence-corrected chi connectivity index (χ4v) is 2.67. The number of hydrogen-bond acceptors (Lipinski definition) is 3. The van der Waals surface area contributed by atoms with Gasteiger partial charge in [-0.1, -0.05) is 28.1 Å². The Kier molecular flexibility index (Phi) is 7.80. The summed E-state index contributed by atoms with van der Waals surface area (Å²) in [6.07, 6.45) is 0.0879. The molecule has 0 aliphatic rings. The maximum atomic E-state index is 11.9. The average Bonchev–Trinajstić information content (AvgIpc) is 2.62. The molecule has 0 unspecified atom stereocenters. The van der Waals surface area contributed by atoms with Gasteiger partial charge in [-0.05, 0) is 52.3 Å². The number of carbonyl (C=O) groups is 3. The average molecular weight is 483 g/mol. The lowest BCUT2D eigenvalue weighted by atomic mass is 10.2. The number of carbonyl (C=O) groups excluding carboxylic acids is 3. The van der Waals surface area contributed by atoms with Gasteiger partial charge in [-0.2, -0.15) is 0 Å². The predicted molar refractivity (Wildman–Crippen MR) is 107 cm³/mol. The maximum Gasteiger partial charge on any atom is 0.251 e. The first-order valence-electron chi connectivity index (χ1n) is 7.80. The third-order valence-electron chi connectivity index (χ3n) is 3.34. The lowest BCUT2D eigenvalue weighted by Crippen LogP contribution is -2.35. The first-order chi connectivity index (χ1) is 12.5. The Morgan fingerprint density at radius 2 is 1.54 bits per heavy atom. The number of rotatable bonds is 7. The summed E-state index contributed by atoms with van der Waals surface area (Å²) in [6, 6.07) is 14.1. The van der Waals surface area contributed by atoms with Crippen LogP contribution in [0.1, 0.15) is 16.8 Å². The number of hydrogen-bond donors (Lipinski definition) is 3. The smallest absolute Gasteiger partial charge is 0.251 e. The van der Waals surface area contributed by atoms with Crippen molar-refractivity contribution in [3.8, 4) is 0 Å². The van der Waals surface area contributed by atoms with Gasteiger partial charge in [0.15, 0.2) is 0 Å². The molecule has 26 heavy (non-hydrogen) atoms. The zero-order valence-corrected chi connectivity index (χ0v) is 16.9. The summed E-state index contributed by atoms with van der Waals surface area (Å²) in [7, 11) is 0. The first kappa shape index (κ1) is 20.1. The van der Waals surface area contributed by atoms with E-state index in [2.05, 4.69) is 47.8 Å². The quantitative estimate of drug-likeness (QED) is 0.566. The number of nitrogens with one attached hydrogen (secondary N) is 3. The highest BCUT2D eigenvalue weighted by molar-refractivity contribution is 9.10. The molecule has 0 aliphatic heterocycles. The molecule has 0 heterocycles. The van der Waals surface area contributed by atoms with Crippen LogP contribution in [0.5, 0.6) is 0 Å². The van der Waals surface area contributed by atoms with Gasteiger partial charge in [0.25, 0.3) is 5.91 Å². The second-order valence-corrected chi connectivity index (χ2v) is 7.09. The third-order valence-corrected chi connectivity index (χ3v) is 4.56. The second kappa shape index (κ2) is 10.1. The van der Waals surface area contributed by atoms with Crippen LogP contribution in [0.2, 0.25) is 0 Å². The van der Waals surface area contributed by atoms with E-state index in [9.17, 15) is 14.4 Å². The van der Waals surface area contributed by atoms with Crippen molar-refractivity contribution >= 4 is 55.3 Å². The highest BCUT2D eigenvalue weighted by atomic mass is 79.9. The lowest BCUT2D eigenvalue weighted by Gasteiger charge is -2.09. The van der Waals surface area contributed by atoms with Gasteiger partial charge in [-0.15, -0.1) is 0 Å². The first-order valence-corrected chi connectivity index (χ1v) is 9.39. The van der Waals surface area contributed by atoms with Gasteiger partial charge in [0.05, 0.1) is 12.2 Å². The minimum atomic E-state index is -0.329. The normalized spacial score (nSPS) is 10.1. The van der Waals surface area contributed by atoms with Gasteiger partial charge in [-0.25, -0.2) is 0 Å². The monoisotopic (exact) mass is 481 g/mol. The Morgan fingerprint density at radius 1 is 0.846 bits per heavy atom. The largest absolute Gasteiger partial charge is 0.352 e. The molecule has 3 amide bonds. The van der Waals surface area contributed by atoms with Crippen LogP contribution in [-0.2, 0) is 9.59 Å². The van der Waals surface area contributed by atoms with E-state index in [0.29, 0.717) is 11.3 Å². The lowest BCUT2D eigenvalue weighted by molar-refractivity contribution is -0.124. The summed E-state index contributed by atoms with van der Waals surface area (Å²) >= 11 is 6.63. The Morgan fingerprint density at radius 3 is 2.23 bits per heavy atom. The van der Waals surface area contributed by atoms with E-state index in [1.165, 1.54) is 0 Å². The van der Waals surface area contributed by atoms with Crippen LogP contribution in [0.4, 0.5) is 5.69 Å². The Bertz CT molecular complexity index is 795. The molecule has 0 saturated heterocycles. The summed E-state index contributed by atoms with van der Waals surface area (Å²) in [4.78, 5) is 35.5. The van der Waals surface area contributed by atoms with Gasteiger partial charge in [0, 0.05) is 27.5 Å². The molecular formula is C18H17Br2N3O3. The van der Waals surface area contributed by atoms with Crippen LogP contribution in [-0.4, -0.2) is 30.8 Å². The molecule has 2 aromatic carbocycles. The molecule has 0 atom stereocenters. The topological polar surface area (TPSA) is 87.3 Å². The Hall–Kier alpha value is -2.19. The van der Waals surface area contributed by atoms with Crippen LogP contribution in [0.25, 0.3) is 0 Å². The van der Waals surface area contributed by atoms with Crippen molar-refractivity contribution in [2.45, 2.75) is 6.42 Å². The fourth-order valence-electron chi connectivity index (χ4n) is 2.02. The van der Waals surface area contributed by atoms with E-state index in [0.717, 1.165) is 8.95 Å². The van der Waals surface area contributed by atoms with Crippen molar-refractivity contribution in [1.29, 1.82) is 0 Å². The minimum absolute atomic E-state index is 0.0879. The van der Waals surface area contributed by atoms with Crippen molar-refractivity contribution < 1.29 is 14.4 Å². The summed E-state index contributed by atoms with van der Waals surface area (Å²) < 4.78 is 1.64. The van der Waals surface area contributed by atoms with Crippen LogP contribution >= 0.6 is 31.9 Å². The minimum Gasteiger partial charge on any atom is -0.352 e. The molecular weight excluding hydrogens is 466 g/mol. The highest BCUT2D eigenvalue weighted by Crippen LogP contribution is 2.20. The van der Waals surface area contributed by atoms with Gasteiger partial charge in [-0.3, -0.25) is 14.4 Å². The Labute approximate surface area is 168 Å². The van der Waals surface area contributed by atoms with Crippen LogP contribution in [0.15, 0.2) is 57.5 Å². The number of para-hydroxylation sites is 1. The summed E-state index contributed by atoms with van der Waals surface area (Å²) in [6.45, 7) is 0.0490. The second-order valence-electron chi connectivity index (χ2n) is 5.32. The van der Waals surface area contributed by atoms with Crippen LogP contribution in [0, 0.1) is 0 Å². The summed E-state index contributed by atoms with van der Waals surface area (Å²) in [5.74, 6) is -0.899. The molecule has 0 aliphatic carbocycles. The number of benzene rings is 2. The Balaban J connectivity index is 1.67. The van der Waals surface area contributed by atoms with Crippen molar-refractivity contribution in [2.24, 2.45) is 0 Å². The van der Waals surface area contributed by atoms with E-state index >= 15 is 0 Å². The third kappa shape index (κ3) is 6.61. The number of anilines is 1. The molecule has 2 rings (SSSR count). The predicted octanol–water partition coefficient (Wildman–Crippen LogP) is 3.09. The van der Waals surface area contributed by atoms with Crippen LogP contribution < -0.4 is 16.0 Å². The zero-order chi connectivity index (χ0) is 18.9. The summed E-state index contributed by atoms with van der Waals surface area (Å²) in [5, 5.41) is 7.87. The summed E-state index contributed by atoms with van der Waals surface area (Å²) in [5.41, 5.74) is 1.15. The van der Waals surface area contributed by atoms with Gasteiger partial charge < -0.3 is 16.0 Å². The van der Waals surface area contributed by atoms with E-state index in [1.807, 2.05) is 12.1 Å². The van der Waals surface area contributed by atoms with E-state index in [-0.39, 0.29) is 37.2 Å². The van der Waals surface area contributed by atoms with E-state index in [4.69, 9.17) is 0 Å². The molecule has 3 N–H and O–H groups in total. The maximum absolute atomic E-state index is 11.9. The zero-order valence-electron chi connectivity index (χ0n) is 13.7. The molecule has 8 heteroatoms. The highest BCUT2D eigenvalue weighted by Gasteiger charge is 2.09. The van der Waals surface area contributed by atoms with Crippen molar-refractivity contribution in [3.63, 3.8) is 0 Å². The van der Waals surface area contributed by atoms with Crippen molar-refractivity contribution in [1.82, 2.24) is 10.6 Å². The van der Waals surface area contributed by atoms with Gasteiger partial charge in [0.1, 0.15) is 0 Å². The van der Waals surface area contributed by atoms with E-state index in [1.54, 1.807) is 36.4 Å². The molecule has 6 nitrogen and oxygen atoms in total. The molecule has 2 aromatic rings. The molecule has 0 spiro atoms. The number of halogens is 2. The SMILES string of the molecule is O=C(CCNC(=O)c1ccc(Br)cc1)NCC(=O)Nc1ccccc1Br. The van der Waals surface area contributed by atoms with E-state index < -0.39 is 0 Å². The van der Waals surface area contributed by atoms with Crippen molar-refractivity contribution in [2.75, 3.05) is 18.4 Å². The molecule has 0 saturated carbocycles. The number of amides is 3. The standard InChI is InChI=1S/C18H17Br2N3O3/c19-13-7-5-12(6-8-13)18(26)21-10-9-16(24)22-11-17(25)23-15-4-2-1-3-14(15)20/h1-8H,9-11H2,(H,21,26)(H,22,24)(H,23,25). The van der Waals surface area contributed by atoms with Gasteiger partial charge in [0.2, 0.25) is 11.8 Å².